The summed E-state index contributed by atoms with van der Waals surface area (Å²) in [5.74, 6) is 0. The molecule has 0 unspecified atom stereocenters. The van der Waals surface area contributed by atoms with E-state index in [1.54, 1.807) is 11.3 Å². The lowest BCUT2D eigenvalue weighted by Crippen LogP contribution is -1.87. The fraction of sp³-hybridized carbons (Fsp3) is 0.0625. The zero-order chi connectivity index (χ0) is 13.1. The Morgan fingerprint density at radius 1 is 0.947 bits per heavy atom. The summed E-state index contributed by atoms with van der Waals surface area (Å²) in [6.45, 7) is 0. The van der Waals surface area contributed by atoms with Crippen molar-refractivity contribution < 1.29 is 0 Å². The van der Waals surface area contributed by atoms with Gasteiger partial charge in [0.2, 0.25) is 0 Å². The third kappa shape index (κ3) is 3.03. The van der Waals surface area contributed by atoms with Crippen LogP contribution in [-0.4, -0.2) is 4.98 Å². The Bertz CT molecular complexity index is 659. The predicted octanol–water partition coefficient (Wildman–Crippen LogP) is 5.05. The van der Waals surface area contributed by atoms with E-state index in [-0.39, 0.29) is 0 Å². The second-order valence-electron chi connectivity index (χ2n) is 4.30. The first kappa shape index (κ1) is 12.4. The number of hydrogen-bond donors (Lipinski definition) is 0. The van der Waals surface area contributed by atoms with E-state index in [9.17, 15) is 0 Å². The van der Waals surface area contributed by atoms with Crippen molar-refractivity contribution in [2.45, 2.75) is 6.42 Å². The van der Waals surface area contributed by atoms with Crippen molar-refractivity contribution >= 4 is 22.9 Å². The third-order valence-electron chi connectivity index (χ3n) is 2.89. The highest BCUT2D eigenvalue weighted by atomic mass is 35.5. The molecule has 0 aliphatic heterocycles. The van der Waals surface area contributed by atoms with Gasteiger partial charge < -0.3 is 0 Å². The number of benzene rings is 2. The Hall–Kier alpha value is -1.64. The van der Waals surface area contributed by atoms with Gasteiger partial charge in [-0.3, -0.25) is 0 Å². The number of hydrogen-bond acceptors (Lipinski definition) is 2. The first-order chi connectivity index (χ1) is 9.31. The molecule has 0 radical (unpaired) electrons. The van der Waals surface area contributed by atoms with E-state index in [0.717, 1.165) is 22.1 Å². The SMILES string of the molecule is Clc1ccc(Cc2nc(-c3ccccc3)cs2)cc1. The van der Waals surface area contributed by atoms with Gasteiger partial charge in [0.1, 0.15) is 0 Å². The summed E-state index contributed by atoms with van der Waals surface area (Å²) in [5, 5.41) is 4.01. The molecular formula is C16H12ClNS. The van der Waals surface area contributed by atoms with E-state index < -0.39 is 0 Å². The minimum Gasteiger partial charge on any atom is -0.241 e. The molecule has 0 spiro atoms. The van der Waals surface area contributed by atoms with Crippen LogP contribution in [0.1, 0.15) is 10.6 Å². The molecule has 1 heterocycles. The summed E-state index contributed by atoms with van der Waals surface area (Å²) in [5.41, 5.74) is 3.45. The Kier molecular flexibility index (Phi) is 3.62. The monoisotopic (exact) mass is 285 g/mol. The quantitative estimate of drug-likeness (QED) is 0.656. The molecule has 3 aromatic rings. The van der Waals surface area contributed by atoms with Crippen molar-refractivity contribution in [2.75, 3.05) is 0 Å². The molecule has 3 heteroatoms. The van der Waals surface area contributed by atoms with Gasteiger partial charge >= 0.3 is 0 Å². The maximum absolute atomic E-state index is 5.89. The molecule has 0 saturated carbocycles. The molecule has 94 valence electrons. The van der Waals surface area contributed by atoms with E-state index >= 15 is 0 Å². The molecule has 1 nitrogen and oxygen atoms in total. The van der Waals surface area contributed by atoms with Crippen molar-refractivity contribution in [1.29, 1.82) is 0 Å². The van der Waals surface area contributed by atoms with Crippen LogP contribution in [0, 0.1) is 0 Å². The zero-order valence-electron chi connectivity index (χ0n) is 10.2. The molecule has 19 heavy (non-hydrogen) atoms. The minimum absolute atomic E-state index is 0.771. The molecule has 0 fully saturated rings. The highest BCUT2D eigenvalue weighted by Gasteiger charge is 2.05. The Balaban J connectivity index is 1.80. The largest absolute Gasteiger partial charge is 0.241 e. The fourth-order valence-corrected chi connectivity index (χ4v) is 2.87. The van der Waals surface area contributed by atoms with E-state index in [2.05, 4.69) is 22.5 Å². The van der Waals surface area contributed by atoms with Crippen molar-refractivity contribution in [2.24, 2.45) is 0 Å². The lowest BCUT2D eigenvalue weighted by atomic mass is 10.1. The minimum atomic E-state index is 0.771. The Morgan fingerprint density at radius 3 is 2.42 bits per heavy atom. The predicted molar refractivity (Wildman–Crippen MR) is 81.8 cm³/mol. The molecule has 1 aromatic heterocycles. The Morgan fingerprint density at radius 2 is 1.68 bits per heavy atom. The maximum Gasteiger partial charge on any atom is 0.0976 e. The lowest BCUT2D eigenvalue weighted by molar-refractivity contribution is 1.14. The van der Waals surface area contributed by atoms with E-state index in [1.165, 1.54) is 11.1 Å². The van der Waals surface area contributed by atoms with Gasteiger partial charge in [-0.15, -0.1) is 11.3 Å². The van der Waals surface area contributed by atoms with Crippen molar-refractivity contribution in [3.63, 3.8) is 0 Å². The average molecular weight is 286 g/mol. The van der Waals surface area contributed by atoms with Crippen LogP contribution in [0.25, 0.3) is 11.3 Å². The van der Waals surface area contributed by atoms with Gasteiger partial charge in [-0.1, -0.05) is 54.1 Å². The van der Waals surface area contributed by atoms with Gasteiger partial charge in [0.15, 0.2) is 0 Å². The summed E-state index contributed by atoms with van der Waals surface area (Å²) in [4.78, 5) is 4.68. The summed E-state index contributed by atoms with van der Waals surface area (Å²) in [7, 11) is 0. The average Bonchev–Trinajstić information content (AvgIpc) is 2.91. The van der Waals surface area contributed by atoms with E-state index in [4.69, 9.17) is 11.6 Å². The van der Waals surface area contributed by atoms with Gasteiger partial charge in [-0.2, -0.15) is 0 Å². The number of halogens is 1. The number of aromatic nitrogens is 1. The maximum atomic E-state index is 5.89. The van der Waals surface area contributed by atoms with Crippen molar-refractivity contribution in [3.8, 4) is 11.3 Å². The van der Waals surface area contributed by atoms with Crippen LogP contribution in [0.2, 0.25) is 5.02 Å². The second-order valence-corrected chi connectivity index (χ2v) is 5.67. The molecule has 0 amide bonds. The van der Waals surface area contributed by atoms with Crippen LogP contribution >= 0.6 is 22.9 Å². The first-order valence-electron chi connectivity index (χ1n) is 6.05. The van der Waals surface area contributed by atoms with Crippen LogP contribution < -0.4 is 0 Å². The summed E-state index contributed by atoms with van der Waals surface area (Å²) < 4.78 is 0. The van der Waals surface area contributed by atoms with Gasteiger partial charge in [0, 0.05) is 22.4 Å². The Labute approximate surface area is 121 Å². The highest BCUT2D eigenvalue weighted by molar-refractivity contribution is 7.10. The molecule has 0 N–H and O–H groups in total. The van der Waals surface area contributed by atoms with E-state index in [0.29, 0.717) is 0 Å². The smallest absolute Gasteiger partial charge is 0.0976 e. The zero-order valence-corrected chi connectivity index (χ0v) is 11.8. The van der Waals surface area contributed by atoms with Gasteiger partial charge in [-0.25, -0.2) is 4.98 Å². The van der Waals surface area contributed by atoms with Crippen molar-refractivity contribution in [3.05, 3.63) is 75.6 Å². The first-order valence-corrected chi connectivity index (χ1v) is 7.31. The summed E-state index contributed by atoms with van der Waals surface area (Å²) in [6.07, 6.45) is 0.856. The van der Waals surface area contributed by atoms with Gasteiger partial charge in [0.05, 0.1) is 10.7 Å². The lowest BCUT2D eigenvalue weighted by Gasteiger charge is -1.98. The highest BCUT2D eigenvalue weighted by Crippen LogP contribution is 2.23. The summed E-state index contributed by atoms with van der Waals surface area (Å²) in [6, 6.07) is 18.2. The third-order valence-corrected chi connectivity index (χ3v) is 3.99. The van der Waals surface area contributed by atoms with Crippen LogP contribution in [0.3, 0.4) is 0 Å². The number of rotatable bonds is 3. The van der Waals surface area contributed by atoms with Crippen LogP contribution in [0.4, 0.5) is 0 Å². The molecule has 0 aliphatic rings. The van der Waals surface area contributed by atoms with Crippen LogP contribution in [0.5, 0.6) is 0 Å². The summed E-state index contributed by atoms with van der Waals surface area (Å²) >= 11 is 7.59. The topological polar surface area (TPSA) is 12.9 Å². The number of nitrogens with zero attached hydrogens (tertiary/aromatic N) is 1. The van der Waals surface area contributed by atoms with Gasteiger partial charge in [-0.05, 0) is 17.7 Å². The number of thiazole rings is 1. The molecule has 0 saturated heterocycles. The molecule has 0 aliphatic carbocycles. The van der Waals surface area contributed by atoms with Crippen LogP contribution in [-0.2, 0) is 6.42 Å². The molecule has 2 aromatic carbocycles. The van der Waals surface area contributed by atoms with Crippen molar-refractivity contribution in [1.82, 2.24) is 4.98 Å². The standard InChI is InChI=1S/C16H12ClNS/c17-14-8-6-12(7-9-14)10-16-18-15(11-19-16)13-4-2-1-3-5-13/h1-9,11H,10H2. The van der Waals surface area contributed by atoms with Crippen LogP contribution in [0.15, 0.2) is 60.0 Å². The molecular weight excluding hydrogens is 274 g/mol. The second kappa shape index (κ2) is 5.55. The van der Waals surface area contributed by atoms with Gasteiger partial charge in [0.25, 0.3) is 0 Å². The molecule has 0 bridgehead atoms. The normalized spacial score (nSPS) is 10.6. The molecule has 3 rings (SSSR count). The van der Waals surface area contributed by atoms with E-state index in [1.807, 2.05) is 42.5 Å². The molecule has 0 atom stereocenters. The fourth-order valence-electron chi connectivity index (χ4n) is 1.91.